The van der Waals surface area contributed by atoms with Gasteiger partial charge in [-0.2, -0.15) is 0 Å². The van der Waals surface area contributed by atoms with Crippen molar-refractivity contribution in [1.82, 2.24) is 10.3 Å². The molecule has 0 radical (unpaired) electrons. The molecule has 1 amide bonds. The Kier molecular flexibility index (Phi) is 4.17. The van der Waals surface area contributed by atoms with Gasteiger partial charge in [0.05, 0.1) is 6.54 Å². The van der Waals surface area contributed by atoms with Gasteiger partial charge >= 0.3 is 0 Å². The maximum absolute atomic E-state index is 11.6. The fourth-order valence-electron chi connectivity index (χ4n) is 1.16. The first-order valence-electron chi connectivity index (χ1n) is 5.24. The zero-order chi connectivity index (χ0) is 12.1. The number of nitrogens with one attached hydrogen (secondary N) is 1. The molecule has 0 aliphatic rings. The topological polar surface area (TPSA) is 59.1 Å². The molecule has 0 aromatic carbocycles. The Morgan fingerprint density at radius 1 is 1.44 bits per heavy atom. The highest BCUT2D eigenvalue weighted by Crippen LogP contribution is 2.00. The van der Waals surface area contributed by atoms with Crippen LogP contribution < -0.4 is 5.32 Å². The fraction of sp³-hybridized carbons (Fsp3) is 0.417. The van der Waals surface area contributed by atoms with Crippen LogP contribution in [-0.2, 0) is 4.79 Å². The molecule has 4 heteroatoms. The van der Waals surface area contributed by atoms with Crippen LogP contribution >= 0.6 is 0 Å². The van der Waals surface area contributed by atoms with Crippen molar-refractivity contribution in [2.75, 3.05) is 6.54 Å². The Bertz CT molecular complexity index is 400. The minimum Gasteiger partial charge on any atom is -0.345 e. The number of carbonyl (C=O) groups excluding carboxylic acids is 2. The summed E-state index contributed by atoms with van der Waals surface area (Å²) in [5.74, 6) is -0.266. The molecular weight excluding hydrogens is 204 g/mol. The average Bonchev–Trinajstić information content (AvgIpc) is 2.25. The molecule has 1 N–H and O–H groups in total. The molecule has 16 heavy (non-hydrogen) atoms. The minimum absolute atomic E-state index is 0.0270. The second kappa shape index (κ2) is 5.39. The molecule has 0 aliphatic heterocycles. The van der Waals surface area contributed by atoms with Crippen LogP contribution in [0.4, 0.5) is 0 Å². The van der Waals surface area contributed by atoms with Gasteiger partial charge in [-0.25, -0.2) is 0 Å². The molecular formula is C12H16N2O2. The lowest BCUT2D eigenvalue weighted by Gasteiger charge is -2.06. The number of hydrogen-bond donors (Lipinski definition) is 1. The van der Waals surface area contributed by atoms with E-state index in [2.05, 4.69) is 10.3 Å². The average molecular weight is 220 g/mol. The van der Waals surface area contributed by atoms with Gasteiger partial charge < -0.3 is 5.32 Å². The molecule has 1 aromatic rings. The highest BCUT2D eigenvalue weighted by atomic mass is 16.2. The van der Waals surface area contributed by atoms with Crippen molar-refractivity contribution in [3.8, 4) is 0 Å². The third-order valence-corrected chi connectivity index (χ3v) is 2.23. The summed E-state index contributed by atoms with van der Waals surface area (Å²) in [6.07, 6.45) is 1.58. The Morgan fingerprint density at radius 2 is 2.12 bits per heavy atom. The molecule has 0 unspecified atom stereocenters. The van der Waals surface area contributed by atoms with Crippen LogP contribution in [0.1, 0.15) is 29.9 Å². The molecule has 0 atom stereocenters. The van der Waals surface area contributed by atoms with E-state index in [-0.39, 0.29) is 24.2 Å². The largest absolute Gasteiger partial charge is 0.345 e. The van der Waals surface area contributed by atoms with Crippen molar-refractivity contribution in [2.24, 2.45) is 5.92 Å². The van der Waals surface area contributed by atoms with E-state index in [0.29, 0.717) is 5.56 Å². The zero-order valence-corrected chi connectivity index (χ0v) is 9.78. The van der Waals surface area contributed by atoms with E-state index in [1.807, 2.05) is 20.8 Å². The quantitative estimate of drug-likeness (QED) is 0.833. The van der Waals surface area contributed by atoms with Gasteiger partial charge in [-0.1, -0.05) is 13.8 Å². The number of aryl methyl sites for hydroxylation is 1. The first kappa shape index (κ1) is 12.4. The van der Waals surface area contributed by atoms with Crippen molar-refractivity contribution < 1.29 is 9.59 Å². The van der Waals surface area contributed by atoms with Crippen LogP contribution in [0.5, 0.6) is 0 Å². The highest BCUT2D eigenvalue weighted by molar-refractivity contribution is 5.96. The van der Waals surface area contributed by atoms with Gasteiger partial charge in [0.15, 0.2) is 5.78 Å². The van der Waals surface area contributed by atoms with Gasteiger partial charge in [0.2, 0.25) is 0 Å². The number of pyridine rings is 1. The Balaban J connectivity index is 2.57. The lowest BCUT2D eigenvalue weighted by Crippen LogP contribution is -2.31. The van der Waals surface area contributed by atoms with Crippen molar-refractivity contribution in [3.05, 3.63) is 29.6 Å². The highest BCUT2D eigenvalue weighted by Gasteiger charge is 2.10. The monoisotopic (exact) mass is 220 g/mol. The number of Topliss-reactive ketones (excluding diaryl/α,β-unsaturated/α-hetero) is 1. The lowest BCUT2D eigenvalue weighted by molar-refractivity contribution is -0.120. The first-order chi connectivity index (χ1) is 7.50. The Morgan fingerprint density at radius 3 is 2.69 bits per heavy atom. The molecule has 86 valence electrons. The van der Waals surface area contributed by atoms with Crippen LogP contribution in [0.25, 0.3) is 0 Å². The Labute approximate surface area is 95.1 Å². The van der Waals surface area contributed by atoms with Gasteiger partial charge in [0.25, 0.3) is 5.91 Å². The van der Waals surface area contributed by atoms with E-state index in [0.717, 1.165) is 5.69 Å². The molecule has 0 fully saturated rings. The predicted octanol–water partition coefficient (Wildman–Crippen LogP) is 1.34. The van der Waals surface area contributed by atoms with Crippen LogP contribution in [-0.4, -0.2) is 23.2 Å². The van der Waals surface area contributed by atoms with Crippen molar-refractivity contribution in [3.63, 3.8) is 0 Å². The minimum atomic E-state index is -0.237. The van der Waals surface area contributed by atoms with Gasteiger partial charge in [-0.15, -0.1) is 0 Å². The SMILES string of the molecule is Cc1cc(C(=O)NCC(=O)C(C)C)ccn1. The summed E-state index contributed by atoms with van der Waals surface area (Å²) in [5, 5.41) is 2.59. The maximum Gasteiger partial charge on any atom is 0.251 e. The molecule has 1 aromatic heterocycles. The number of amides is 1. The molecule has 1 heterocycles. The molecule has 0 aliphatic carbocycles. The summed E-state index contributed by atoms with van der Waals surface area (Å²) >= 11 is 0. The molecule has 1 rings (SSSR count). The smallest absolute Gasteiger partial charge is 0.251 e. The van der Waals surface area contributed by atoms with Crippen LogP contribution in [0.15, 0.2) is 18.3 Å². The van der Waals surface area contributed by atoms with E-state index >= 15 is 0 Å². The fourth-order valence-corrected chi connectivity index (χ4v) is 1.16. The maximum atomic E-state index is 11.6. The van der Waals surface area contributed by atoms with Gasteiger partial charge in [-0.05, 0) is 19.1 Å². The number of rotatable bonds is 4. The summed E-state index contributed by atoms with van der Waals surface area (Å²) in [6, 6.07) is 3.32. The number of nitrogens with zero attached hydrogens (tertiary/aromatic N) is 1. The van der Waals surface area contributed by atoms with Crippen LogP contribution in [0, 0.1) is 12.8 Å². The summed E-state index contributed by atoms with van der Waals surface area (Å²) in [4.78, 5) is 27.0. The van der Waals surface area contributed by atoms with Crippen LogP contribution in [0.3, 0.4) is 0 Å². The van der Waals surface area contributed by atoms with Gasteiger partial charge in [0.1, 0.15) is 0 Å². The zero-order valence-electron chi connectivity index (χ0n) is 9.78. The van der Waals surface area contributed by atoms with Crippen molar-refractivity contribution in [1.29, 1.82) is 0 Å². The summed E-state index contributed by atoms with van der Waals surface area (Å²) in [5.41, 5.74) is 1.31. The van der Waals surface area contributed by atoms with Crippen LogP contribution in [0.2, 0.25) is 0 Å². The van der Waals surface area contributed by atoms with Crippen molar-refractivity contribution >= 4 is 11.7 Å². The number of aromatic nitrogens is 1. The molecule has 0 spiro atoms. The Hall–Kier alpha value is -1.71. The first-order valence-corrected chi connectivity index (χ1v) is 5.24. The molecule has 0 bridgehead atoms. The second-order valence-electron chi connectivity index (χ2n) is 3.99. The lowest BCUT2D eigenvalue weighted by atomic mass is 10.1. The molecule has 4 nitrogen and oxygen atoms in total. The normalized spacial score (nSPS) is 10.2. The van der Waals surface area contributed by atoms with E-state index in [1.165, 1.54) is 0 Å². The van der Waals surface area contributed by atoms with Gasteiger partial charge in [0, 0.05) is 23.4 Å². The third kappa shape index (κ3) is 3.46. The second-order valence-corrected chi connectivity index (χ2v) is 3.99. The van der Waals surface area contributed by atoms with E-state index in [9.17, 15) is 9.59 Å². The molecule has 0 saturated carbocycles. The predicted molar refractivity (Wildman–Crippen MR) is 61.2 cm³/mol. The third-order valence-electron chi connectivity index (χ3n) is 2.23. The number of ketones is 1. The van der Waals surface area contributed by atoms with Gasteiger partial charge in [-0.3, -0.25) is 14.6 Å². The van der Waals surface area contributed by atoms with E-state index < -0.39 is 0 Å². The summed E-state index contributed by atoms with van der Waals surface area (Å²) < 4.78 is 0. The van der Waals surface area contributed by atoms with Crippen molar-refractivity contribution in [2.45, 2.75) is 20.8 Å². The summed E-state index contributed by atoms with van der Waals surface area (Å²) in [6.45, 7) is 5.52. The van der Waals surface area contributed by atoms with E-state index in [4.69, 9.17) is 0 Å². The number of hydrogen-bond acceptors (Lipinski definition) is 3. The molecule has 0 saturated heterocycles. The van der Waals surface area contributed by atoms with E-state index in [1.54, 1.807) is 18.3 Å². The number of carbonyl (C=O) groups is 2. The standard InChI is InChI=1S/C12H16N2O2/c1-8(2)11(15)7-14-12(16)10-4-5-13-9(3)6-10/h4-6,8H,7H2,1-3H3,(H,14,16). The summed E-state index contributed by atoms with van der Waals surface area (Å²) in [7, 11) is 0.